The van der Waals surface area contributed by atoms with E-state index in [0.29, 0.717) is 6.54 Å². The maximum atomic E-state index is 4.52. The Labute approximate surface area is 122 Å². The van der Waals surface area contributed by atoms with Gasteiger partial charge in [0, 0.05) is 20.1 Å². The maximum Gasteiger partial charge on any atom is 0.191 e. The summed E-state index contributed by atoms with van der Waals surface area (Å²) >= 11 is 0. The molecule has 0 radical (unpaired) electrons. The van der Waals surface area contributed by atoms with E-state index < -0.39 is 0 Å². The zero-order valence-electron chi connectivity index (χ0n) is 13.2. The van der Waals surface area contributed by atoms with Gasteiger partial charge in [-0.1, -0.05) is 26.7 Å². The molecule has 114 valence electrons. The van der Waals surface area contributed by atoms with Crippen LogP contribution in [0.15, 0.2) is 11.3 Å². The highest BCUT2D eigenvalue weighted by molar-refractivity contribution is 5.79. The molecule has 0 amide bonds. The molecule has 2 N–H and O–H groups in total. The summed E-state index contributed by atoms with van der Waals surface area (Å²) in [4.78, 5) is 8.69. The topological polar surface area (TPSA) is 67.1 Å². The van der Waals surface area contributed by atoms with Crippen molar-refractivity contribution in [1.82, 2.24) is 25.4 Å². The van der Waals surface area contributed by atoms with E-state index in [-0.39, 0.29) is 0 Å². The minimum atomic E-state index is 0.540. The first-order valence-electron chi connectivity index (χ1n) is 7.48. The fourth-order valence-electron chi connectivity index (χ4n) is 1.84. The Morgan fingerprint density at radius 3 is 2.75 bits per heavy atom. The van der Waals surface area contributed by atoms with Gasteiger partial charge in [0.15, 0.2) is 5.96 Å². The van der Waals surface area contributed by atoms with Crippen LogP contribution in [-0.4, -0.2) is 33.8 Å². The van der Waals surface area contributed by atoms with Crippen LogP contribution < -0.4 is 10.6 Å². The third-order valence-corrected chi connectivity index (χ3v) is 3.03. The number of nitrogens with zero attached hydrogens (tertiary/aromatic N) is 4. The summed E-state index contributed by atoms with van der Waals surface area (Å²) in [6, 6.07) is 0. The second-order valence-electron chi connectivity index (χ2n) is 5.31. The van der Waals surface area contributed by atoms with Gasteiger partial charge in [-0.2, -0.15) is 5.10 Å². The highest BCUT2D eigenvalue weighted by atomic mass is 15.3. The summed E-state index contributed by atoms with van der Waals surface area (Å²) in [5.41, 5.74) is 0. The van der Waals surface area contributed by atoms with Gasteiger partial charge in [0.25, 0.3) is 0 Å². The fourth-order valence-corrected chi connectivity index (χ4v) is 1.84. The van der Waals surface area contributed by atoms with Crippen molar-refractivity contribution >= 4 is 5.96 Å². The smallest absolute Gasteiger partial charge is 0.191 e. The SMILES string of the molecule is CCNC(=NCc1ncnn1C)NCCCCC(C)C. The average Bonchev–Trinajstić information content (AvgIpc) is 2.80. The maximum absolute atomic E-state index is 4.52. The highest BCUT2D eigenvalue weighted by Crippen LogP contribution is 2.05. The zero-order valence-corrected chi connectivity index (χ0v) is 13.2. The Hall–Kier alpha value is -1.59. The van der Waals surface area contributed by atoms with Crippen LogP contribution in [0, 0.1) is 5.92 Å². The Morgan fingerprint density at radius 1 is 1.35 bits per heavy atom. The molecule has 20 heavy (non-hydrogen) atoms. The Balaban J connectivity index is 2.34. The van der Waals surface area contributed by atoms with Gasteiger partial charge in [-0.15, -0.1) is 0 Å². The van der Waals surface area contributed by atoms with Gasteiger partial charge in [-0.3, -0.25) is 4.68 Å². The van der Waals surface area contributed by atoms with Crippen LogP contribution in [0.3, 0.4) is 0 Å². The van der Waals surface area contributed by atoms with Crippen LogP contribution in [0.5, 0.6) is 0 Å². The van der Waals surface area contributed by atoms with Gasteiger partial charge in [0.05, 0.1) is 0 Å². The molecule has 6 nitrogen and oxygen atoms in total. The molecule has 0 aliphatic heterocycles. The van der Waals surface area contributed by atoms with Crippen molar-refractivity contribution in [3.8, 4) is 0 Å². The van der Waals surface area contributed by atoms with Crippen molar-refractivity contribution in [3.05, 3.63) is 12.2 Å². The van der Waals surface area contributed by atoms with Gasteiger partial charge in [0.1, 0.15) is 18.7 Å². The van der Waals surface area contributed by atoms with Gasteiger partial charge in [-0.25, -0.2) is 9.98 Å². The van der Waals surface area contributed by atoms with Crippen molar-refractivity contribution in [2.24, 2.45) is 18.0 Å². The zero-order chi connectivity index (χ0) is 14.8. The van der Waals surface area contributed by atoms with Gasteiger partial charge in [0.2, 0.25) is 0 Å². The third-order valence-electron chi connectivity index (χ3n) is 3.03. The Bertz CT molecular complexity index is 396. The average molecular weight is 280 g/mol. The summed E-state index contributed by atoms with van der Waals surface area (Å²) < 4.78 is 1.75. The van der Waals surface area contributed by atoms with Crippen LogP contribution in [0.25, 0.3) is 0 Å². The number of aryl methyl sites for hydroxylation is 1. The standard InChI is InChI=1S/C14H28N6/c1-5-15-14(16-9-7-6-8-12(2)3)17-10-13-18-11-19-20(13)4/h11-12H,5-10H2,1-4H3,(H2,15,16,17). The first-order valence-corrected chi connectivity index (χ1v) is 7.48. The molecule has 0 saturated heterocycles. The molecule has 0 fully saturated rings. The van der Waals surface area contributed by atoms with E-state index in [1.165, 1.54) is 19.3 Å². The molecule has 0 saturated carbocycles. The predicted molar refractivity (Wildman–Crippen MR) is 82.5 cm³/mol. The molecule has 0 spiro atoms. The van der Waals surface area contributed by atoms with E-state index in [2.05, 4.69) is 46.5 Å². The highest BCUT2D eigenvalue weighted by Gasteiger charge is 2.01. The molecule has 0 bridgehead atoms. The lowest BCUT2D eigenvalue weighted by atomic mass is 10.1. The molecule has 0 unspecified atom stereocenters. The lowest BCUT2D eigenvalue weighted by molar-refractivity contribution is 0.534. The minimum absolute atomic E-state index is 0.540. The molecule has 1 heterocycles. The minimum Gasteiger partial charge on any atom is -0.357 e. The van der Waals surface area contributed by atoms with E-state index in [9.17, 15) is 0 Å². The lowest BCUT2D eigenvalue weighted by Gasteiger charge is -2.11. The first-order chi connectivity index (χ1) is 9.63. The summed E-state index contributed by atoms with van der Waals surface area (Å²) in [6.07, 6.45) is 5.27. The van der Waals surface area contributed by atoms with E-state index >= 15 is 0 Å². The molecule has 1 aromatic heterocycles. The van der Waals surface area contributed by atoms with Crippen molar-refractivity contribution in [1.29, 1.82) is 0 Å². The number of rotatable bonds is 8. The van der Waals surface area contributed by atoms with E-state index in [1.807, 2.05) is 7.05 Å². The Kier molecular flexibility index (Phi) is 7.69. The molecule has 6 heteroatoms. The largest absolute Gasteiger partial charge is 0.357 e. The van der Waals surface area contributed by atoms with Crippen molar-refractivity contribution in [2.45, 2.75) is 46.6 Å². The number of nitrogens with one attached hydrogen (secondary N) is 2. The number of aliphatic imine (C=N–C) groups is 1. The molecule has 1 rings (SSSR count). The molecule has 0 atom stereocenters. The lowest BCUT2D eigenvalue weighted by Crippen LogP contribution is -2.37. The molecular formula is C14H28N6. The van der Waals surface area contributed by atoms with Crippen LogP contribution in [-0.2, 0) is 13.6 Å². The van der Waals surface area contributed by atoms with E-state index in [0.717, 1.165) is 30.8 Å². The molecule has 0 aliphatic carbocycles. The molecule has 1 aromatic rings. The van der Waals surface area contributed by atoms with Gasteiger partial charge >= 0.3 is 0 Å². The number of hydrogen-bond acceptors (Lipinski definition) is 3. The number of hydrogen-bond donors (Lipinski definition) is 2. The van der Waals surface area contributed by atoms with E-state index in [1.54, 1.807) is 11.0 Å². The molecule has 0 aromatic carbocycles. The second kappa shape index (κ2) is 9.34. The monoisotopic (exact) mass is 280 g/mol. The predicted octanol–water partition coefficient (Wildman–Crippen LogP) is 1.70. The number of unbranched alkanes of at least 4 members (excludes halogenated alkanes) is 1. The quantitative estimate of drug-likeness (QED) is 0.432. The molecular weight excluding hydrogens is 252 g/mol. The van der Waals surface area contributed by atoms with E-state index in [4.69, 9.17) is 0 Å². The first kappa shape index (κ1) is 16.5. The number of guanidine groups is 1. The van der Waals surface area contributed by atoms with Gasteiger partial charge < -0.3 is 10.6 Å². The summed E-state index contributed by atoms with van der Waals surface area (Å²) in [6.45, 7) is 8.95. The summed E-state index contributed by atoms with van der Waals surface area (Å²) in [5, 5.41) is 10.6. The Morgan fingerprint density at radius 2 is 2.15 bits per heavy atom. The molecule has 0 aliphatic rings. The summed E-state index contributed by atoms with van der Waals surface area (Å²) in [7, 11) is 1.88. The second-order valence-corrected chi connectivity index (χ2v) is 5.31. The van der Waals surface area contributed by atoms with Crippen LogP contribution >= 0.6 is 0 Å². The van der Waals surface area contributed by atoms with Crippen molar-refractivity contribution in [3.63, 3.8) is 0 Å². The van der Waals surface area contributed by atoms with Crippen LogP contribution in [0.4, 0.5) is 0 Å². The van der Waals surface area contributed by atoms with Crippen molar-refractivity contribution < 1.29 is 0 Å². The summed E-state index contributed by atoms with van der Waals surface area (Å²) in [5.74, 6) is 2.50. The third kappa shape index (κ3) is 6.54. The fraction of sp³-hybridized carbons (Fsp3) is 0.786. The van der Waals surface area contributed by atoms with Crippen LogP contribution in [0.2, 0.25) is 0 Å². The van der Waals surface area contributed by atoms with Gasteiger partial charge in [-0.05, 0) is 19.3 Å². The van der Waals surface area contributed by atoms with Crippen molar-refractivity contribution in [2.75, 3.05) is 13.1 Å². The normalized spacial score (nSPS) is 11.9. The number of aromatic nitrogens is 3. The van der Waals surface area contributed by atoms with Crippen LogP contribution in [0.1, 0.15) is 45.9 Å².